The van der Waals surface area contributed by atoms with Gasteiger partial charge in [0, 0.05) is 42.8 Å². The second-order valence-corrected chi connectivity index (χ2v) is 9.96. The van der Waals surface area contributed by atoms with Gasteiger partial charge in [0.25, 0.3) is 5.91 Å². The summed E-state index contributed by atoms with van der Waals surface area (Å²) in [5.74, 6) is -0.325. The Morgan fingerprint density at radius 3 is 2.29 bits per heavy atom. The number of piperazine rings is 1. The minimum Gasteiger partial charge on any atom is -0.351 e. The zero-order valence-corrected chi connectivity index (χ0v) is 18.5. The van der Waals surface area contributed by atoms with E-state index in [1.165, 1.54) is 9.87 Å². The van der Waals surface area contributed by atoms with Crippen LogP contribution in [0.25, 0.3) is 0 Å². The molecule has 0 spiro atoms. The molecule has 2 aromatic carbocycles. The first-order valence-electron chi connectivity index (χ1n) is 9.22. The van der Waals surface area contributed by atoms with Gasteiger partial charge in [0.2, 0.25) is 10.0 Å². The zero-order valence-electron chi connectivity index (χ0n) is 15.6. The van der Waals surface area contributed by atoms with E-state index in [1.54, 1.807) is 12.1 Å². The van der Waals surface area contributed by atoms with Crippen molar-refractivity contribution in [2.75, 3.05) is 38.5 Å². The maximum Gasteiger partial charge on any atom is 0.252 e. The summed E-state index contributed by atoms with van der Waals surface area (Å²) in [5, 5.41) is 2.72. The highest BCUT2D eigenvalue weighted by Gasteiger charge is 2.26. The average Bonchev–Trinajstić information content (AvgIpc) is 2.69. The van der Waals surface area contributed by atoms with Gasteiger partial charge in [0.1, 0.15) is 0 Å². The lowest BCUT2D eigenvalue weighted by molar-refractivity contribution is 0.0955. The molecule has 150 valence electrons. The van der Waals surface area contributed by atoms with E-state index in [4.69, 9.17) is 0 Å². The molecule has 28 heavy (non-hydrogen) atoms. The number of amides is 1. The van der Waals surface area contributed by atoms with E-state index in [2.05, 4.69) is 44.9 Å². The average molecular weight is 513 g/mol. The molecule has 8 heteroatoms. The van der Waals surface area contributed by atoms with Crippen LogP contribution in [0.1, 0.15) is 15.9 Å². The van der Waals surface area contributed by atoms with E-state index < -0.39 is 10.0 Å². The third-order valence-corrected chi connectivity index (χ3v) is 7.55. The Balaban J connectivity index is 1.45. The van der Waals surface area contributed by atoms with Gasteiger partial charge in [0.05, 0.1) is 11.3 Å². The largest absolute Gasteiger partial charge is 0.351 e. The molecule has 2 aromatic rings. The van der Waals surface area contributed by atoms with Gasteiger partial charge in [-0.2, -0.15) is 4.31 Å². The van der Waals surface area contributed by atoms with Gasteiger partial charge in [-0.25, -0.2) is 8.42 Å². The summed E-state index contributed by atoms with van der Waals surface area (Å²) < 4.78 is 27.6. The molecule has 1 aliphatic rings. The van der Waals surface area contributed by atoms with Crippen LogP contribution >= 0.6 is 22.6 Å². The third kappa shape index (κ3) is 5.76. The Labute approximate surface area is 180 Å². The molecule has 1 saturated heterocycles. The zero-order chi connectivity index (χ0) is 20.0. The minimum atomic E-state index is -3.38. The van der Waals surface area contributed by atoms with Crippen molar-refractivity contribution in [3.8, 4) is 0 Å². The molecule has 0 radical (unpaired) electrons. The monoisotopic (exact) mass is 513 g/mol. The number of nitrogens with one attached hydrogen (secondary N) is 1. The lowest BCUT2D eigenvalue weighted by atomic mass is 10.2. The standard InChI is InChI=1S/C20H24IN3O3S/c21-19-9-5-4-8-18(19)20(25)22-10-15-28(26,27)24-13-11-23(12-14-24)16-17-6-2-1-3-7-17/h1-9H,10-16H2,(H,22,25). The predicted molar refractivity (Wildman–Crippen MR) is 119 cm³/mol. The van der Waals surface area contributed by atoms with E-state index in [0.717, 1.165) is 10.1 Å². The quantitative estimate of drug-likeness (QED) is 0.577. The number of sulfonamides is 1. The van der Waals surface area contributed by atoms with Gasteiger partial charge >= 0.3 is 0 Å². The molecule has 1 heterocycles. The van der Waals surface area contributed by atoms with Crippen molar-refractivity contribution in [3.05, 3.63) is 69.3 Å². The van der Waals surface area contributed by atoms with E-state index in [1.807, 2.05) is 30.3 Å². The molecule has 3 rings (SSSR count). The van der Waals surface area contributed by atoms with Crippen molar-refractivity contribution in [2.24, 2.45) is 0 Å². The lowest BCUT2D eigenvalue weighted by Gasteiger charge is -2.34. The first-order valence-corrected chi connectivity index (χ1v) is 11.9. The van der Waals surface area contributed by atoms with Crippen LogP contribution in [-0.4, -0.2) is 62.0 Å². The fraction of sp³-hybridized carbons (Fsp3) is 0.350. The topological polar surface area (TPSA) is 69.7 Å². The Morgan fingerprint density at radius 1 is 0.964 bits per heavy atom. The highest BCUT2D eigenvalue weighted by atomic mass is 127. The first kappa shape index (κ1) is 21.2. The van der Waals surface area contributed by atoms with E-state index in [9.17, 15) is 13.2 Å². The molecule has 6 nitrogen and oxygen atoms in total. The number of hydrogen-bond donors (Lipinski definition) is 1. The molecule has 1 N–H and O–H groups in total. The molecule has 0 atom stereocenters. The maximum atomic E-state index is 12.6. The molecular formula is C20H24IN3O3S. The molecule has 0 unspecified atom stereocenters. The van der Waals surface area contributed by atoms with Gasteiger partial charge in [-0.05, 0) is 40.3 Å². The molecule has 0 aliphatic carbocycles. The summed E-state index contributed by atoms with van der Waals surface area (Å²) in [5.41, 5.74) is 1.80. The summed E-state index contributed by atoms with van der Waals surface area (Å²) in [4.78, 5) is 14.5. The summed E-state index contributed by atoms with van der Waals surface area (Å²) in [6, 6.07) is 17.4. The number of carbonyl (C=O) groups excluding carboxylic acids is 1. The Hall–Kier alpha value is -1.49. The summed E-state index contributed by atoms with van der Waals surface area (Å²) in [6.07, 6.45) is 0. The Bertz CT molecular complexity index is 898. The van der Waals surface area contributed by atoms with Crippen LogP contribution in [0.4, 0.5) is 0 Å². The molecule has 0 saturated carbocycles. The van der Waals surface area contributed by atoms with Crippen LogP contribution in [0.3, 0.4) is 0 Å². The second kappa shape index (κ2) is 9.82. The number of rotatable bonds is 7. The van der Waals surface area contributed by atoms with E-state index >= 15 is 0 Å². The van der Waals surface area contributed by atoms with Gasteiger partial charge in [0.15, 0.2) is 0 Å². The highest BCUT2D eigenvalue weighted by molar-refractivity contribution is 14.1. The van der Waals surface area contributed by atoms with Gasteiger partial charge in [-0.3, -0.25) is 9.69 Å². The van der Waals surface area contributed by atoms with Gasteiger partial charge < -0.3 is 5.32 Å². The number of halogens is 1. The first-order chi connectivity index (χ1) is 13.5. The van der Waals surface area contributed by atoms with Crippen molar-refractivity contribution in [3.63, 3.8) is 0 Å². The molecule has 1 aliphatic heterocycles. The fourth-order valence-corrected chi connectivity index (χ4v) is 5.14. The smallest absolute Gasteiger partial charge is 0.252 e. The maximum absolute atomic E-state index is 12.6. The third-order valence-electron chi connectivity index (χ3n) is 4.74. The number of hydrogen-bond acceptors (Lipinski definition) is 4. The van der Waals surface area contributed by atoms with Crippen LogP contribution in [0, 0.1) is 3.57 Å². The molecule has 0 aromatic heterocycles. The summed E-state index contributed by atoms with van der Waals surface area (Å²) in [6.45, 7) is 3.33. The van der Waals surface area contributed by atoms with Crippen LogP contribution < -0.4 is 5.32 Å². The van der Waals surface area contributed by atoms with Crippen molar-refractivity contribution in [1.29, 1.82) is 0 Å². The summed E-state index contributed by atoms with van der Waals surface area (Å²) >= 11 is 2.10. The molecular weight excluding hydrogens is 489 g/mol. The van der Waals surface area contributed by atoms with E-state index in [-0.39, 0.29) is 18.2 Å². The van der Waals surface area contributed by atoms with Gasteiger partial charge in [-0.1, -0.05) is 42.5 Å². The lowest BCUT2D eigenvalue weighted by Crippen LogP contribution is -2.49. The Morgan fingerprint density at radius 2 is 1.61 bits per heavy atom. The minimum absolute atomic E-state index is 0.0825. The number of carbonyl (C=O) groups is 1. The molecule has 0 bridgehead atoms. The fourth-order valence-electron chi connectivity index (χ4n) is 3.17. The van der Waals surface area contributed by atoms with Gasteiger partial charge in [-0.15, -0.1) is 0 Å². The van der Waals surface area contributed by atoms with Crippen molar-refractivity contribution >= 4 is 38.5 Å². The normalized spacial score (nSPS) is 16.0. The van der Waals surface area contributed by atoms with Crippen LogP contribution in [0.5, 0.6) is 0 Å². The Kier molecular flexibility index (Phi) is 7.44. The predicted octanol–water partition coefficient (Wildman–Crippen LogP) is 2.17. The van der Waals surface area contributed by atoms with Crippen molar-refractivity contribution in [1.82, 2.24) is 14.5 Å². The van der Waals surface area contributed by atoms with Crippen molar-refractivity contribution < 1.29 is 13.2 Å². The highest BCUT2D eigenvalue weighted by Crippen LogP contribution is 2.13. The van der Waals surface area contributed by atoms with Crippen molar-refractivity contribution in [2.45, 2.75) is 6.54 Å². The molecule has 1 fully saturated rings. The second-order valence-electron chi connectivity index (χ2n) is 6.71. The summed E-state index contributed by atoms with van der Waals surface area (Å²) in [7, 11) is -3.38. The molecule has 1 amide bonds. The SMILES string of the molecule is O=C(NCCS(=O)(=O)N1CCN(Cc2ccccc2)CC1)c1ccccc1I. The van der Waals surface area contributed by atoms with Crippen LogP contribution in [-0.2, 0) is 16.6 Å². The number of nitrogens with zero attached hydrogens (tertiary/aromatic N) is 2. The van der Waals surface area contributed by atoms with Crippen LogP contribution in [0.2, 0.25) is 0 Å². The van der Waals surface area contributed by atoms with E-state index in [0.29, 0.717) is 31.7 Å². The van der Waals surface area contributed by atoms with Crippen LogP contribution in [0.15, 0.2) is 54.6 Å². The number of benzene rings is 2.